The fraction of sp³-hybridized carbons (Fsp3) is 0.267. The highest BCUT2D eigenvalue weighted by atomic mass is 35.5. The maximum atomic E-state index is 5.66. The number of methoxy groups -OCH3 is 1. The summed E-state index contributed by atoms with van der Waals surface area (Å²) in [4.78, 5) is 0. The predicted octanol–water partition coefficient (Wildman–Crippen LogP) is 3.37. The zero-order valence-electron chi connectivity index (χ0n) is 12.4. The molecule has 0 aliphatic rings. The van der Waals surface area contributed by atoms with Crippen molar-refractivity contribution < 1.29 is 9.47 Å². The second kappa shape index (κ2) is 8.19. The molecule has 22 heavy (non-hydrogen) atoms. The van der Waals surface area contributed by atoms with Crippen LogP contribution in [0, 0.1) is 0 Å². The van der Waals surface area contributed by atoms with E-state index in [4.69, 9.17) is 21.1 Å². The Balaban J connectivity index is 2.02. The molecule has 0 aliphatic carbocycles. The van der Waals surface area contributed by atoms with Gasteiger partial charge in [0.2, 0.25) is 0 Å². The van der Waals surface area contributed by atoms with Gasteiger partial charge in [-0.05, 0) is 42.3 Å². The Morgan fingerprint density at radius 2 is 2.09 bits per heavy atom. The molecule has 0 unspecified atom stereocenters. The van der Waals surface area contributed by atoms with Crippen LogP contribution in [0.3, 0.4) is 0 Å². The smallest absolute Gasteiger partial charge is 0.168 e. The Bertz CT molecular complexity index is 632. The molecule has 0 bridgehead atoms. The van der Waals surface area contributed by atoms with Crippen LogP contribution in [0.1, 0.15) is 18.9 Å². The average molecular weight is 321 g/mol. The van der Waals surface area contributed by atoms with E-state index in [1.165, 1.54) is 0 Å². The molecular weight excluding hydrogens is 304 g/mol. The molecule has 0 saturated heterocycles. The minimum Gasteiger partial charge on any atom is -0.493 e. The standard InChI is InChI=1S/C15H17ClN4O2/c1-3-8-22-12-5-4-11(9-13(12)21-2)10-17-19-15-7-6-14(16)18-20-15/h4-7,9-10H,3,8H2,1-2H3,(H,19,20)/b17-10+. The molecule has 1 N–H and O–H groups in total. The van der Waals surface area contributed by atoms with Crippen LogP contribution in [0.25, 0.3) is 0 Å². The minimum atomic E-state index is 0.335. The Kier molecular flexibility index (Phi) is 5.97. The van der Waals surface area contributed by atoms with Crippen molar-refractivity contribution in [1.29, 1.82) is 0 Å². The van der Waals surface area contributed by atoms with E-state index < -0.39 is 0 Å². The summed E-state index contributed by atoms with van der Waals surface area (Å²) in [6.45, 7) is 2.71. The van der Waals surface area contributed by atoms with E-state index in [0.717, 1.165) is 17.7 Å². The first-order chi connectivity index (χ1) is 10.7. The molecule has 0 saturated carbocycles. The van der Waals surface area contributed by atoms with E-state index in [2.05, 4.69) is 27.6 Å². The van der Waals surface area contributed by atoms with E-state index in [9.17, 15) is 0 Å². The maximum absolute atomic E-state index is 5.66. The summed E-state index contributed by atoms with van der Waals surface area (Å²) in [5, 5.41) is 12.0. The third-order valence-corrected chi connectivity index (χ3v) is 2.88. The van der Waals surface area contributed by atoms with Crippen LogP contribution in [0.4, 0.5) is 5.82 Å². The molecule has 0 radical (unpaired) electrons. The van der Waals surface area contributed by atoms with Crippen LogP contribution in [0.15, 0.2) is 35.4 Å². The summed E-state index contributed by atoms with van der Waals surface area (Å²) >= 11 is 5.66. The molecule has 1 aromatic heterocycles. The summed E-state index contributed by atoms with van der Waals surface area (Å²) in [6, 6.07) is 8.93. The Morgan fingerprint density at radius 1 is 1.23 bits per heavy atom. The Morgan fingerprint density at radius 3 is 2.77 bits per heavy atom. The lowest BCUT2D eigenvalue weighted by molar-refractivity contribution is 0.294. The predicted molar refractivity (Wildman–Crippen MR) is 87.0 cm³/mol. The van der Waals surface area contributed by atoms with Crippen molar-refractivity contribution in [1.82, 2.24) is 10.2 Å². The van der Waals surface area contributed by atoms with Crippen molar-refractivity contribution in [2.45, 2.75) is 13.3 Å². The summed E-state index contributed by atoms with van der Waals surface area (Å²) in [5.74, 6) is 1.90. The van der Waals surface area contributed by atoms with Gasteiger partial charge in [0, 0.05) is 0 Å². The SMILES string of the molecule is CCCOc1ccc(/C=N/Nc2ccc(Cl)nn2)cc1OC. The highest BCUT2D eigenvalue weighted by molar-refractivity contribution is 6.29. The van der Waals surface area contributed by atoms with Crippen molar-refractivity contribution in [3.63, 3.8) is 0 Å². The van der Waals surface area contributed by atoms with Crippen molar-refractivity contribution in [3.05, 3.63) is 41.0 Å². The van der Waals surface area contributed by atoms with Gasteiger partial charge >= 0.3 is 0 Å². The number of nitrogens with one attached hydrogen (secondary N) is 1. The Labute approximate surface area is 134 Å². The molecule has 2 rings (SSSR count). The van der Waals surface area contributed by atoms with Gasteiger partial charge in [-0.3, -0.25) is 5.43 Å². The molecule has 0 aliphatic heterocycles. The van der Waals surface area contributed by atoms with Crippen LogP contribution < -0.4 is 14.9 Å². The molecule has 0 spiro atoms. The molecule has 7 heteroatoms. The number of hydrogen-bond acceptors (Lipinski definition) is 6. The molecule has 1 heterocycles. The van der Waals surface area contributed by atoms with Gasteiger partial charge in [0.25, 0.3) is 0 Å². The first-order valence-electron chi connectivity index (χ1n) is 6.82. The summed E-state index contributed by atoms with van der Waals surface area (Å²) in [7, 11) is 1.61. The molecule has 0 atom stereocenters. The van der Waals surface area contributed by atoms with Crippen LogP contribution in [-0.2, 0) is 0 Å². The summed E-state index contributed by atoms with van der Waals surface area (Å²) in [5.41, 5.74) is 3.64. The van der Waals surface area contributed by atoms with Crippen LogP contribution in [0.2, 0.25) is 5.15 Å². The number of nitrogens with zero attached hydrogens (tertiary/aromatic N) is 3. The van der Waals surface area contributed by atoms with Crippen molar-refractivity contribution in [3.8, 4) is 11.5 Å². The molecule has 0 fully saturated rings. The highest BCUT2D eigenvalue weighted by Gasteiger charge is 2.04. The third kappa shape index (κ3) is 4.60. The molecule has 2 aromatic rings. The number of anilines is 1. The number of benzene rings is 1. The van der Waals surface area contributed by atoms with Crippen LogP contribution in [-0.4, -0.2) is 30.1 Å². The zero-order chi connectivity index (χ0) is 15.8. The molecule has 116 valence electrons. The topological polar surface area (TPSA) is 68.6 Å². The normalized spacial score (nSPS) is 10.7. The average Bonchev–Trinajstić information content (AvgIpc) is 2.55. The van der Waals surface area contributed by atoms with E-state index in [0.29, 0.717) is 23.3 Å². The number of aromatic nitrogens is 2. The van der Waals surface area contributed by atoms with Gasteiger partial charge in [0.1, 0.15) is 0 Å². The third-order valence-electron chi connectivity index (χ3n) is 2.67. The van der Waals surface area contributed by atoms with Gasteiger partial charge in [-0.25, -0.2) is 0 Å². The van der Waals surface area contributed by atoms with Gasteiger partial charge in [0.05, 0.1) is 19.9 Å². The second-order valence-electron chi connectivity index (χ2n) is 4.37. The summed E-state index contributed by atoms with van der Waals surface area (Å²) in [6.07, 6.45) is 2.60. The van der Waals surface area contributed by atoms with E-state index in [1.54, 1.807) is 25.5 Å². The molecular formula is C15H17ClN4O2. The largest absolute Gasteiger partial charge is 0.493 e. The number of rotatable bonds is 7. The quantitative estimate of drug-likeness (QED) is 0.625. The molecule has 1 aromatic carbocycles. The fourth-order valence-electron chi connectivity index (χ4n) is 1.64. The van der Waals surface area contributed by atoms with Gasteiger partial charge in [-0.2, -0.15) is 5.10 Å². The first-order valence-corrected chi connectivity index (χ1v) is 7.20. The molecule has 6 nitrogen and oxygen atoms in total. The number of ether oxygens (including phenoxy) is 2. The molecule has 0 amide bonds. The Hall–Kier alpha value is -2.34. The monoisotopic (exact) mass is 320 g/mol. The zero-order valence-corrected chi connectivity index (χ0v) is 13.2. The first kappa shape index (κ1) is 16.0. The van der Waals surface area contributed by atoms with E-state index in [1.807, 2.05) is 18.2 Å². The van der Waals surface area contributed by atoms with Crippen molar-refractivity contribution in [2.24, 2.45) is 5.10 Å². The van der Waals surface area contributed by atoms with Crippen LogP contribution in [0.5, 0.6) is 11.5 Å². The lowest BCUT2D eigenvalue weighted by Gasteiger charge is -2.10. The minimum absolute atomic E-state index is 0.335. The van der Waals surface area contributed by atoms with Gasteiger partial charge in [-0.1, -0.05) is 18.5 Å². The van der Waals surface area contributed by atoms with Gasteiger partial charge in [-0.15, -0.1) is 10.2 Å². The lowest BCUT2D eigenvalue weighted by Crippen LogP contribution is -1.99. The van der Waals surface area contributed by atoms with Gasteiger partial charge < -0.3 is 9.47 Å². The fourth-order valence-corrected chi connectivity index (χ4v) is 1.75. The van der Waals surface area contributed by atoms with Crippen LogP contribution >= 0.6 is 11.6 Å². The second-order valence-corrected chi connectivity index (χ2v) is 4.76. The highest BCUT2D eigenvalue weighted by Crippen LogP contribution is 2.27. The summed E-state index contributed by atoms with van der Waals surface area (Å²) < 4.78 is 10.9. The van der Waals surface area contributed by atoms with Gasteiger partial charge in [0.15, 0.2) is 22.5 Å². The number of halogens is 1. The number of hydrogen-bond donors (Lipinski definition) is 1. The number of hydrazone groups is 1. The maximum Gasteiger partial charge on any atom is 0.168 e. The van der Waals surface area contributed by atoms with E-state index in [-0.39, 0.29) is 0 Å². The lowest BCUT2D eigenvalue weighted by atomic mass is 10.2. The van der Waals surface area contributed by atoms with E-state index >= 15 is 0 Å². The van der Waals surface area contributed by atoms with Crippen molar-refractivity contribution >= 4 is 23.6 Å². The van der Waals surface area contributed by atoms with Crippen molar-refractivity contribution in [2.75, 3.05) is 19.1 Å².